The van der Waals surface area contributed by atoms with E-state index in [1.165, 1.54) is 6.07 Å². The van der Waals surface area contributed by atoms with E-state index in [2.05, 4.69) is 0 Å². The first-order valence-corrected chi connectivity index (χ1v) is 6.31. The molecule has 4 heteroatoms. The molecule has 0 aliphatic rings. The van der Waals surface area contributed by atoms with Crippen LogP contribution in [-0.2, 0) is 0 Å². The third-order valence-electron chi connectivity index (χ3n) is 3.26. The van der Waals surface area contributed by atoms with Crippen LogP contribution in [0.4, 0.5) is 4.39 Å². The summed E-state index contributed by atoms with van der Waals surface area (Å²) in [6.07, 6.45) is 0. The molecule has 2 aromatic carbocycles. The fourth-order valence-corrected chi connectivity index (χ4v) is 2.23. The van der Waals surface area contributed by atoms with E-state index in [1.54, 1.807) is 32.4 Å². The van der Waals surface area contributed by atoms with Gasteiger partial charge in [-0.2, -0.15) is 0 Å². The zero-order valence-corrected chi connectivity index (χ0v) is 11.8. The van der Waals surface area contributed by atoms with Gasteiger partial charge in [0.2, 0.25) is 0 Å². The van der Waals surface area contributed by atoms with E-state index in [0.29, 0.717) is 22.6 Å². The van der Waals surface area contributed by atoms with Gasteiger partial charge in [0.1, 0.15) is 5.82 Å². The van der Waals surface area contributed by atoms with Crippen molar-refractivity contribution in [1.29, 1.82) is 0 Å². The Morgan fingerprint density at radius 2 is 1.80 bits per heavy atom. The lowest BCUT2D eigenvalue weighted by atomic mass is 9.96. The van der Waals surface area contributed by atoms with E-state index in [0.717, 1.165) is 5.56 Å². The first-order chi connectivity index (χ1) is 9.58. The molecule has 0 fully saturated rings. The molecule has 2 aromatic rings. The van der Waals surface area contributed by atoms with Crippen LogP contribution in [-0.4, -0.2) is 14.2 Å². The molecule has 0 amide bonds. The van der Waals surface area contributed by atoms with Gasteiger partial charge in [0.15, 0.2) is 11.5 Å². The summed E-state index contributed by atoms with van der Waals surface area (Å²) in [6, 6.07) is 9.68. The molecular formula is C16H18FNO2. The highest BCUT2D eigenvalue weighted by molar-refractivity contribution is 5.50. The molecular weight excluding hydrogens is 257 g/mol. The standard InChI is InChI=1S/C16H18FNO2/c1-10-7-8-13(17)12(9-10)15(18)11-5-4-6-14(19-2)16(11)20-3/h4-9,15H,18H2,1-3H3. The second kappa shape index (κ2) is 5.92. The summed E-state index contributed by atoms with van der Waals surface area (Å²) in [4.78, 5) is 0. The molecule has 0 spiro atoms. The molecule has 0 aromatic heterocycles. The predicted octanol–water partition coefficient (Wildman–Crippen LogP) is 3.20. The molecule has 2 rings (SSSR count). The number of halogens is 1. The second-order valence-electron chi connectivity index (χ2n) is 4.59. The smallest absolute Gasteiger partial charge is 0.165 e. The summed E-state index contributed by atoms with van der Waals surface area (Å²) in [6.45, 7) is 1.90. The van der Waals surface area contributed by atoms with Gasteiger partial charge in [-0.1, -0.05) is 29.8 Å². The monoisotopic (exact) mass is 275 g/mol. The van der Waals surface area contributed by atoms with Crippen LogP contribution in [0.15, 0.2) is 36.4 Å². The molecule has 106 valence electrons. The van der Waals surface area contributed by atoms with Crippen molar-refractivity contribution in [2.24, 2.45) is 5.73 Å². The van der Waals surface area contributed by atoms with Crippen LogP contribution in [0.25, 0.3) is 0 Å². The number of para-hydroxylation sites is 1. The highest BCUT2D eigenvalue weighted by Crippen LogP contribution is 2.36. The van der Waals surface area contributed by atoms with Crippen LogP contribution >= 0.6 is 0 Å². The quantitative estimate of drug-likeness (QED) is 0.932. The maximum atomic E-state index is 14.0. The molecule has 20 heavy (non-hydrogen) atoms. The van der Waals surface area contributed by atoms with Crippen molar-refractivity contribution in [2.75, 3.05) is 14.2 Å². The van der Waals surface area contributed by atoms with Crippen molar-refractivity contribution in [2.45, 2.75) is 13.0 Å². The lowest BCUT2D eigenvalue weighted by Gasteiger charge is -2.19. The molecule has 0 aliphatic carbocycles. The van der Waals surface area contributed by atoms with Crippen molar-refractivity contribution >= 4 is 0 Å². The average Bonchev–Trinajstić information content (AvgIpc) is 2.48. The average molecular weight is 275 g/mol. The maximum absolute atomic E-state index is 14.0. The fourth-order valence-electron chi connectivity index (χ4n) is 2.23. The first kappa shape index (κ1) is 14.3. The number of hydrogen-bond donors (Lipinski definition) is 1. The summed E-state index contributed by atoms with van der Waals surface area (Å²) in [5.74, 6) is 0.782. The van der Waals surface area contributed by atoms with Gasteiger partial charge in [-0.25, -0.2) is 4.39 Å². The Kier molecular flexibility index (Phi) is 4.25. The van der Waals surface area contributed by atoms with Crippen molar-refractivity contribution in [3.05, 3.63) is 58.9 Å². The Balaban J connectivity index is 2.53. The summed E-state index contributed by atoms with van der Waals surface area (Å²) >= 11 is 0. The summed E-state index contributed by atoms with van der Waals surface area (Å²) < 4.78 is 24.6. The van der Waals surface area contributed by atoms with Gasteiger partial charge in [-0.3, -0.25) is 0 Å². The third kappa shape index (κ3) is 2.60. The summed E-state index contributed by atoms with van der Waals surface area (Å²) in [5.41, 5.74) is 8.30. The molecule has 0 bridgehead atoms. The number of benzene rings is 2. The zero-order valence-electron chi connectivity index (χ0n) is 11.8. The minimum absolute atomic E-state index is 0.326. The molecule has 0 saturated heterocycles. The highest BCUT2D eigenvalue weighted by Gasteiger charge is 2.20. The number of aryl methyl sites for hydroxylation is 1. The van der Waals surface area contributed by atoms with E-state index >= 15 is 0 Å². The summed E-state index contributed by atoms with van der Waals surface area (Å²) in [5, 5.41) is 0. The molecule has 3 nitrogen and oxygen atoms in total. The molecule has 1 unspecified atom stereocenters. The van der Waals surface area contributed by atoms with Crippen molar-refractivity contribution in [3.63, 3.8) is 0 Å². The minimum Gasteiger partial charge on any atom is -0.493 e. The predicted molar refractivity (Wildman–Crippen MR) is 76.7 cm³/mol. The number of nitrogens with two attached hydrogens (primary N) is 1. The van der Waals surface area contributed by atoms with Crippen LogP contribution in [0.5, 0.6) is 11.5 Å². The van der Waals surface area contributed by atoms with E-state index in [4.69, 9.17) is 15.2 Å². The van der Waals surface area contributed by atoms with E-state index in [-0.39, 0.29) is 5.82 Å². The van der Waals surface area contributed by atoms with Crippen LogP contribution in [0.3, 0.4) is 0 Å². The Labute approximate surface area is 118 Å². The van der Waals surface area contributed by atoms with Gasteiger partial charge in [0.05, 0.1) is 20.3 Å². The molecule has 0 heterocycles. The molecule has 0 saturated carbocycles. The van der Waals surface area contributed by atoms with Crippen molar-refractivity contribution in [3.8, 4) is 11.5 Å². The first-order valence-electron chi connectivity index (χ1n) is 6.31. The van der Waals surface area contributed by atoms with Crippen LogP contribution in [0.1, 0.15) is 22.7 Å². The van der Waals surface area contributed by atoms with Crippen molar-refractivity contribution < 1.29 is 13.9 Å². The number of ether oxygens (including phenoxy) is 2. The lowest BCUT2D eigenvalue weighted by Crippen LogP contribution is -2.15. The van der Waals surface area contributed by atoms with Crippen molar-refractivity contribution in [1.82, 2.24) is 0 Å². The largest absolute Gasteiger partial charge is 0.493 e. The normalized spacial score (nSPS) is 12.1. The topological polar surface area (TPSA) is 44.5 Å². The van der Waals surface area contributed by atoms with Gasteiger partial charge in [0, 0.05) is 11.1 Å². The molecule has 2 N–H and O–H groups in total. The Morgan fingerprint density at radius 1 is 1.05 bits per heavy atom. The van der Waals surface area contributed by atoms with Gasteiger partial charge in [-0.05, 0) is 19.1 Å². The third-order valence-corrected chi connectivity index (χ3v) is 3.26. The minimum atomic E-state index is -0.611. The number of hydrogen-bond acceptors (Lipinski definition) is 3. The van der Waals surface area contributed by atoms with Crippen LogP contribution < -0.4 is 15.2 Å². The van der Waals surface area contributed by atoms with Gasteiger partial charge >= 0.3 is 0 Å². The number of methoxy groups -OCH3 is 2. The fraction of sp³-hybridized carbons (Fsp3) is 0.250. The van der Waals surface area contributed by atoms with E-state index < -0.39 is 6.04 Å². The Hall–Kier alpha value is -2.07. The lowest BCUT2D eigenvalue weighted by molar-refractivity contribution is 0.350. The molecule has 1 atom stereocenters. The Morgan fingerprint density at radius 3 is 2.45 bits per heavy atom. The summed E-state index contributed by atoms with van der Waals surface area (Å²) in [7, 11) is 3.10. The van der Waals surface area contributed by atoms with Crippen LogP contribution in [0, 0.1) is 12.7 Å². The second-order valence-corrected chi connectivity index (χ2v) is 4.59. The zero-order chi connectivity index (χ0) is 14.7. The molecule has 0 radical (unpaired) electrons. The van der Waals surface area contributed by atoms with E-state index in [9.17, 15) is 4.39 Å². The van der Waals surface area contributed by atoms with Gasteiger partial charge < -0.3 is 15.2 Å². The Bertz CT molecular complexity index is 613. The maximum Gasteiger partial charge on any atom is 0.165 e. The van der Waals surface area contributed by atoms with Gasteiger partial charge in [-0.15, -0.1) is 0 Å². The van der Waals surface area contributed by atoms with E-state index in [1.807, 2.05) is 19.1 Å². The van der Waals surface area contributed by atoms with Gasteiger partial charge in [0.25, 0.3) is 0 Å². The highest BCUT2D eigenvalue weighted by atomic mass is 19.1. The number of rotatable bonds is 4. The SMILES string of the molecule is COc1cccc(C(N)c2cc(C)ccc2F)c1OC. The van der Waals surface area contributed by atoms with Crippen LogP contribution in [0.2, 0.25) is 0 Å². The molecule has 0 aliphatic heterocycles.